The second-order valence-electron chi connectivity index (χ2n) is 8.39. The molecule has 3 rings (SSSR count). The average Bonchev–Trinajstić information content (AvgIpc) is 3.18. The predicted molar refractivity (Wildman–Crippen MR) is 107 cm³/mol. The Hall–Kier alpha value is -1.39. The molecule has 26 heavy (non-hydrogen) atoms. The van der Waals surface area contributed by atoms with Crippen LogP contribution in [0.4, 0.5) is 0 Å². The summed E-state index contributed by atoms with van der Waals surface area (Å²) >= 11 is 0. The summed E-state index contributed by atoms with van der Waals surface area (Å²) in [5.74, 6) is 0.262. The molecular formula is C22H35N3O. The van der Waals surface area contributed by atoms with Crippen molar-refractivity contribution in [3.05, 3.63) is 35.4 Å². The van der Waals surface area contributed by atoms with Crippen LogP contribution in [0.3, 0.4) is 0 Å². The second kappa shape index (κ2) is 8.53. The summed E-state index contributed by atoms with van der Waals surface area (Å²) in [6.07, 6.45) is 8.15. The van der Waals surface area contributed by atoms with E-state index in [2.05, 4.69) is 60.4 Å². The number of amides is 1. The molecule has 1 aromatic carbocycles. The molecule has 0 aromatic heterocycles. The number of aryl methyl sites for hydroxylation is 1. The first-order valence-corrected chi connectivity index (χ1v) is 10.3. The molecule has 1 unspecified atom stereocenters. The van der Waals surface area contributed by atoms with E-state index in [0.717, 1.165) is 25.9 Å². The molecule has 1 saturated heterocycles. The van der Waals surface area contributed by atoms with Crippen LogP contribution >= 0.6 is 0 Å². The maximum atomic E-state index is 13.3. The lowest BCUT2D eigenvalue weighted by atomic mass is 9.79. The zero-order valence-corrected chi connectivity index (χ0v) is 16.8. The number of likely N-dealkylation sites (tertiary alicyclic amines) is 1. The standard InChI is InChI=1S/C22H35N3O/c1-18-9-11-19(12-10-18)20(24(2)3)17-23-21(26)22(13-5-4-6-14-22)25-15-7-8-16-25/h9-12,20H,4-8,13-17H2,1-3H3,(H,23,26). The number of carbonyl (C=O) groups is 1. The van der Waals surface area contributed by atoms with Gasteiger partial charge in [-0.15, -0.1) is 0 Å². The minimum atomic E-state index is -0.251. The maximum Gasteiger partial charge on any atom is 0.240 e. The summed E-state index contributed by atoms with van der Waals surface area (Å²) in [6.45, 7) is 4.95. The summed E-state index contributed by atoms with van der Waals surface area (Å²) in [5.41, 5.74) is 2.28. The zero-order chi connectivity index (χ0) is 18.6. The van der Waals surface area contributed by atoms with Crippen molar-refractivity contribution in [3.63, 3.8) is 0 Å². The van der Waals surface area contributed by atoms with Gasteiger partial charge in [-0.1, -0.05) is 49.1 Å². The SMILES string of the molecule is Cc1ccc(C(CNC(=O)C2(N3CCCC3)CCCCC2)N(C)C)cc1. The number of likely N-dealkylation sites (N-methyl/N-ethyl adjacent to an activating group) is 1. The van der Waals surface area contributed by atoms with Gasteiger partial charge in [-0.25, -0.2) is 0 Å². The van der Waals surface area contributed by atoms with Gasteiger partial charge in [0.15, 0.2) is 0 Å². The first-order chi connectivity index (χ1) is 12.5. The van der Waals surface area contributed by atoms with Crippen molar-refractivity contribution in [2.24, 2.45) is 0 Å². The fourth-order valence-corrected chi connectivity index (χ4v) is 4.71. The van der Waals surface area contributed by atoms with Gasteiger partial charge < -0.3 is 10.2 Å². The highest BCUT2D eigenvalue weighted by molar-refractivity contribution is 5.86. The number of benzene rings is 1. The highest BCUT2D eigenvalue weighted by Gasteiger charge is 2.45. The molecule has 1 N–H and O–H groups in total. The van der Waals surface area contributed by atoms with Crippen LogP contribution in [0, 0.1) is 6.92 Å². The third-order valence-corrected chi connectivity index (χ3v) is 6.36. The van der Waals surface area contributed by atoms with Gasteiger partial charge >= 0.3 is 0 Å². The number of hydrogen-bond donors (Lipinski definition) is 1. The molecule has 2 aliphatic rings. The van der Waals surface area contributed by atoms with Crippen molar-refractivity contribution in [2.75, 3.05) is 33.7 Å². The Morgan fingerprint density at radius 3 is 2.27 bits per heavy atom. The smallest absolute Gasteiger partial charge is 0.240 e. The topological polar surface area (TPSA) is 35.6 Å². The number of nitrogens with zero attached hydrogens (tertiary/aromatic N) is 2. The van der Waals surface area contributed by atoms with E-state index in [1.54, 1.807) is 0 Å². The Labute approximate surface area is 158 Å². The molecule has 144 valence electrons. The molecule has 1 atom stereocenters. The number of nitrogens with one attached hydrogen (secondary N) is 1. The van der Waals surface area contributed by atoms with Gasteiger partial charge in [-0.05, 0) is 65.4 Å². The van der Waals surface area contributed by atoms with E-state index < -0.39 is 0 Å². The zero-order valence-electron chi connectivity index (χ0n) is 16.8. The Morgan fingerprint density at radius 1 is 1.08 bits per heavy atom. The first-order valence-electron chi connectivity index (χ1n) is 10.3. The van der Waals surface area contributed by atoms with Gasteiger partial charge in [0.1, 0.15) is 5.54 Å². The van der Waals surface area contributed by atoms with Gasteiger partial charge in [-0.3, -0.25) is 9.69 Å². The van der Waals surface area contributed by atoms with Crippen LogP contribution in [-0.2, 0) is 4.79 Å². The Morgan fingerprint density at radius 2 is 1.69 bits per heavy atom. The minimum Gasteiger partial charge on any atom is -0.353 e. The predicted octanol–water partition coefficient (Wildman–Crippen LogP) is 3.51. The third kappa shape index (κ3) is 4.12. The fourth-order valence-electron chi connectivity index (χ4n) is 4.71. The monoisotopic (exact) mass is 357 g/mol. The molecule has 0 bridgehead atoms. The molecule has 0 radical (unpaired) electrons. The van der Waals surface area contributed by atoms with Crippen LogP contribution in [0.1, 0.15) is 62.1 Å². The summed E-state index contributed by atoms with van der Waals surface area (Å²) in [6, 6.07) is 8.88. The molecule has 2 fully saturated rings. The fraction of sp³-hybridized carbons (Fsp3) is 0.682. The lowest BCUT2D eigenvalue weighted by molar-refractivity contribution is -0.135. The third-order valence-electron chi connectivity index (χ3n) is 6.36. The molecule has 1 amide bonds. The molecular weight excluding hydrogens is 322 g/mol. The van der Waals surface area contributed by atoms with E-state index in [1.807, 2.05) is 0 Å². The average molecular weight is 358 g/mol. The highest BCUT2D eigenvalue weighted by atomic mass is 16.2. The van der Waals surface area contributed by atoms with Gasteiger partial charge in [0.05, 0.1) is 6.04 Å². The maximum absolute atomic E-state index is 13.3. The van der Waals surface area contributed by atoms with E-state index in [-0.39, 0.29) is 17.5 Å². The van der Waals surface area contributed by atoms with Crippen LogP contribution in [0.5, 0.6) is 0 Å². The van der Waals surface area contributed by atoms with Crippen LogP contribution in [0.15, 0.2) is 24.3 Å². The molecule has 1 aliphatic heterocycles. The van der Waals surface area contributed by atoms with Crippen LogP contribution in [-0.4, -0.2) is 55.0 Å². The van der Waals surface area contributed by atoms with E-state index in [9.17, 15) is 4.79 Å². The summed E-state index contributed by atoms with van der Waals surface area (Å²) in [7, 11) is 4.18. The van der Waals surface area contributed by atoms with E-state index in [1.165, 1.54) is 43.2 Å². The van der Waals surface area contributed by atoms with Crippen molar-refractivity contribution in [2.45, 2.75) is 63.5 Å². The Balaban J connectivity index is 1.70. The molecule has 1 heterocycles. The lowest BCUT2D eigenvalue weighted by Crippen LogP contribution is -2.59. The normalized spacial score (nSPS) is 21.7. The van der Waals surface area contributed by atoms with Crippen LogP contribution < -0.4 is 5.32 Å². The van der Waals surface area contributed by atoms with Crippen molar-refractivity contribution in [1.29, 1.82) is 0 Å². The summed E-state index contributed by atoms with van der Waals surface area (Å²) < 4.78 is 0. The molecule has 1 aromatic rings. The second-order valence-corrected chi connectivity index (χ2v) is 8.39. The van der Waals surface area contributed by atoms with E-state index in [4.69, 9.17) is 0 Å². The van der Waals surface area contributed by atoms with E-state index >= 15 is 0 Å². The lowest BCUT2D eigenvalue weighted by Gasteiger charge is -2.43. The van der Waals surface area contributed by atoms with Gasteiger partial charge in [0.2, 0.25) is 5.91 Å². The van der Waals surface area contributed by atoms with Crippen LogP contribution in [0.2, 0.25) is 0 Å². The molecule has 1 saturated carbocycles. The molecule has 4 heteroatoms. The van der Waals surface area contributed by atoms with Crippen molar-refractivity contribution in [1.82, 2.24) is 15.1 Å². The molecule has 4 nitrogen and oxygen atoms in total. The summed E-state index contributed by atoms with van der Waals surface area (Å²) in [4.78, 5) is 18.0. The summed E-state index contributed by atoms with van der Waals surface area (Å²) in [5, 5.41) is 3.34. The Kier molecular flexibility index (Phi) is 6.36. The van der Waals surface area contributed by atoms with Crippen molar-refractivity contribution >= 4 is 5.91 Å². The van der Waals surface area contributed by atoms with Crippen molar-refractivity contribution < 1.29 is 4.79 Å². The van der Waals surface area contributed by atoms with Gasteiger partial charge in [-0.2, -0.15) is 0 Å². The largest absolute Gasteiger partial charge is 0.353 e. The first kappa shape index (κ1) is 19.4. The van der Waals surface area contributed by atoms with Gasteiger partial charge in [0.25, 0.3) is 0 Å². The molecule has 1 aliphatic carbocycles. The minimum absolute atomic E-state index is 0.207. The van der Waals surface area contributed by atoms with E-state index in [0.29, 0.717) is 6.54 Å². The number of hydrogen-bond acceptors (Lipinski definition) is 3. The van der Waals surface area contributed by atoms with Gasteiger partial charge in [0, 0.05) is 6.54 Å². The van der Waals surface area contributed by atoms with Crippen LogP contribution in [0.25, 0.3) is 0 Å². The number of rotatable bonds is 6. The number of carbonyl (C=O) groups excluding carboxylic acids is 1. The Bertz CT molecular complexity index is 584. The van der Waals surface area contributed by atoms with Crippen molar-refractivity contribution in [3.8, 4) is 0 Å². The quantitative estimate of drug-likeness (QED) is 0.846. The highest BCUT2D eigenvalue weighted by Crippen LogP contribution is 2.36. The molecule has 0 spiro atoms.